The van der Waals surface area contributed by atoms with Crippen LogP contribution in [0.2, 0.25) is 0 Å². The molecular weight excluding hydrogens is 265 g/mol. The van der Waals surface area contributed by atoms with Gasteiger partial charge < -0.3 is 5.11 Å². The fourth-order valence-electron chi connectivity index (χ4n) is 2.06. The van der Waals surface area contributed by atoms with Crippen LogP contribution in [0, 0.1) is 0 Å². The number of aromatic nitrogens is 1. The summed E-state index contributed by atoms with van der Waals surface area (Å²) in [5.41, 5.74) is 0.383. The molecule has 1 aromatic rings. The number of hydrogen-bond donors (Lipinski definition) is 1. The number of hydrogen-bond acceptors (Lipinski definition) is 3. The van der Waals surface area contributed by atoms with Gasteiger partial charge in [-0.05, 0) is 24.5 Å². The lowest BCUT2D eigenvalue weighted by Crippen LogP contribution is -2.52. The van der Waals surface area contributed by atoms with E-state index in [0.717, 1.165) is 0 Å². The molecule has 1 unspecified atom stereocenters. The Morgan fingerprint density at radius 1 is 1.42 bits per heavy atom. The average molecular weight is 274 g/mol. The maximum absolute atomic E-state index is 12.6. The summed E-state index contributed by atoms with van der Waals surface area (Å²) < 4.78 is 37.7. The number of pyridine rings is 1. The second-order valence-electron chi connectivity index (χ2n) is 4.07. The van der Waals surface area contributed by atoms with Crippen molar-refractivity contribution in [2.75, 3.05) is 4.90 Å². The minimum atomic E-state index is -5.12. The van der Waals surface area contributed by atoms with Crippen LogP contribution < -0.4 is 4.90 Å². The monoisotopic (exact) mass is 274 g/mol. The van der Waals surface area contributed by atoms with Crippen LogP contribution in [-0.4, -0.2) is 34.2 Å². The lowest BCUT2D eigenvalue weighted by atomic mass is 9.97. The van der Waals surface area contributed by atoms with E-state index in [2.05, 4.69) is 4.98 Å². The number of rotatable bonds is 1. The van der Waals surface area contributed by atoms with Gasteiger partial charge in [-0.1, -0.05) is 0 Å². The first kappa shape index (κ1) is 13.3. The number of halogens is 3. The highest BCUT2D eigenvalue weighted by Gasteiger charge is 2.48. The Kier molecular flexibility index (Phi) is 3.17. The third-order valence-corrected chi connectivity index (χ3v) is 2.88. The molecule has 1 N–H and O–H groups in total. The summed E-state index contributed by atoms with van der Waals surface area (Å²) in [5, 5.41) is 8.97. The van der Waals surface area contributed by atoms with Crippen LogP contribution in [0.1, 0.15) is 12.0 Å². The van der Waals surface area contributed by atoms with E-state index in [0.29, 0.717) is 10.5 Å². The lowest BCUT2D eigenvalue weighted by molar-refractivity contribution is -0.172. The van der Waals surface area contributed by atoms with Crippen LogP contribution in [0.15, 0.2) is 18.5 Å². The van der Waals surface area contributed by atoms with Crippen LogP contribution in [0.5, 0.6) is 0 Å². The summed E-state index contributed by atoms with van der Waals surface area (Å²) in [5.74, 6) is -3.63. The van der Waals surface area contributed by atoms with E-state index in [1.54, 1.807) is 0 Å². The maximum atomic E-state index is 12.6. The first-order chi connectivity index (χ1) is 8.82. The Bertz CT molecular complexity index is 530. The van der Waals surface area contributed by atoms with Crippen LogP contribution in [-0.2, 0) is 16.0 Å². The van der Waals surface area contributed by atoms with Gasteiger partial charge in [0, 0.05) is 12.4 Å². The molecule has 1 aliphatic heterocycles. The predicted molar refractivity (Wildman–Crippen MR) is 57.5 cm³/mol. The molecule has 5 nitrogen and oxygen atoms in total. The molecule has 0 aliphatic carbocycles. The Hall–Kier alpha value is -2.12. The number of amides is 1. The van der Waals surface area contributed by atoms with Gasteiger partial charge in [-0.15, -0.1) is 0 Å². The predicted octanol–water partition coefficient (Wildman–Crippen LogP) is 1.38. The van der Waals surface area contributed by atoms with Crippen molar-refractivity contribution in [3.05, 3.63) is 24.0 Å². The van der Waals surface area contributed by atoms with Crippen molar-refractivity contribution in [2.24, 2.45) is 0 Å². The van der Waals surface area contributed by atoms with Crippen molar-refractivity contribution in [1.82, 2.24) is 4.98 Å². The molecule has 0 saturated carbocycles. The molecule has 0 bridgehead atoms. The summed E-state index contributed by atoms with van der Waals surface area (Å²) >= 11 is 0. The first-order valence-corrected chi connectivity index (χ1v) is 5.38. The highest BCUT2D eigenvalue weighted by Crippen LogP contribution is 2.33. The van der Waals surface area contributed by atoms with Crippen molar-refractivity contribution in [1.29, 1.82) is 0 Å². The average Bonchev–Trinajstić information content (AvgIpc) is 2.35. The summed E-state index contributed by atoms with van der Waals surface area (Å²) in [4.78, 5) is 26.5. The Balaban J connectivity index is 2.50. The van der Waals surface area contributed by atoms with E-state index in [9.17, 15) is 22.8 Å². The number of nitrogens with zero attached hydrogens (tertiary/aromatic N) is 2. The van der Waals surface area contributed by atoms with Gasteiger partial charge in [0.15, 0.2) is 0 Å². The van der Waals surface area contributed by atoms with Gasteiger partial charge in [0.05, 0.1) is 5.69 Å². The van der Waals surface area contributed by atoms with Crippen LogP contribution in [0.25, 0.3) is 0 Å². The van der Waals surface area contributed by atoms with E-state index in [1.807, 2.05) is 0 Å². The standard InChI is InChI=1S/C11H9F3N2O3/c12-11(13,14)10(19)16-7-3-4-15-5-6(7)1-2-8(16)9(17)18/h3-5,8H,1-2H2,(H,17,18). The molecule has 0 fully saturated rings. The molecule has 8 heteroatoms. The summed E-state index contributed by atoms with van der Waals surface area (Å²) in [7, 11) is 0. The number of aliphatic carboxylic acids is 1. The van der Waals surface area contributed by atoms with Crippen molar-refractivity contribution < 1.29 is 27.9 Å². The maximum Gasteiger partial charge on any atom is 0.471 e. The topological polar surface area (TPSA) is 70.5 Å². The highest BCUT2D eigenvalue weighted by atomic mass is 19.4. The Morgan fingerprint density at radius 3 is 2.68 bits per heavy atom. The van der Waals surface area contributed by atoms with Crippen LogP contribution >= 0.6 is 0 Å². The highest BCUT2D eigenvalue weighted by molar-refractivity contribution is 6.03. The molecule has 1 aliphatic rings. The van der Waals surface area contributed by atoms with E-state index >= 15 is 0 Å². The molecule has 102 valence electrons. The number of carbonyl (C=O) groups is 2. The second-order valence-corrected chi connectivity index (χ2v) is 4.07. The summed E-state index contributed by atoms with van der Waals surface area (Å²) in [6.07, 6.45) is -2.37. The number of carbonyl (C=O) groups excluding carboxylic acids is 1. The Morgan fingerprint density at radius 2 is 2.11 bits per heavy atom. The number of anilines is 1. The molecule has 1 atom stereocenters. The second kappa shape index (κ2) is 4.52. The van der Waals surface area contributed by atoms with Gasteiger partial charge in [0.1, 0.15) is 6.04 Å². The molecule has 2 rings (SSSR count). The molecule has 19 heavy (non-hydrogen) atoms. The zero-order valence-electron chi connectivity index (χ0n) is 9.52. The van der Waals surface area contributed by atoms with E-state index in [4.69, 9.17) is 5.11 Å². The van der Waals surface area contributed by atoms with Crippen molar-refractivity contribution in [2.45, 2.75) is 25.1 Å². The number of carboxylic acid groups (broad SMARTS) is 1. The fraction of sp³-hybridized carbons (Fsp3) is 0.364. The third-order valence-electron chi connectivity index (χ3n) is 2.88. The van der Waals surface area contributed by atoms with Crippen molar-refractivity contribution in [3.8, 4) is 0 Å². The molecule has 2 heterocycles. The SMILES string of the molecule is O=C(O)C1CCc2cnccc2N1C(=O)C(F)(F)F. The van der Waals surface area contributed by atoms with Crippen LogP contribution in [0.4, 0.5) is 18.9 Å². The van der Waals surface area contributed by atoms with Gasteiger partial charge >= 0.3 is 18.1 Å². The van der Waals surface area contributed by atoms with Gasteiger partial charge in [-0.25, -0.2) is 4.79 Å². The van der Waals surface area contributed by atoms with Gasteiger partial charge in [-0.2, -0.15) is 13.2 Å². The van der Waals surface area contributed by atoms with Gasteiger partial charge in [-0.3, -0.25) is 14.7 Å². The van der Waals surface area contributed by atoms with Crippen molar-refractivity contribution >= 4 is 17.6 Å². The van der Waals surface area contributed by atoms with E-state index < -0.39 is 24.1 Å². The zero-order chi connectivity index (χ0) is 14.2. The smallest absolute Gasteiger partial charge is 0.471 e. The molecule has 1 amide bonds. The number of aryl methyl sites for hydroxylation is 1. The first-order valence-electron chi connectivity index (χ1n) is 5.38. The third kappa shape index (κ3) is 2.38. The van der Waals surface area contributed by atoms with Gasteiger partial charge in [0.2, 0.25) is 0 Å². The van der Waals surface area contributed by atoms with Crippen LogP contribution in [0.3, 0.4) is 0 Å². The molecule has 0 aromatic carbocycles. The molecular formula is C11H9F3N2O3. The molecule has 1 aromatic heterocycles. The molecule has 0 spiro atoms. The number of alkyl halides is 3. The fourth-order valence-corrected chi connectivity index (χ4v) is 2.06. The van der Waals surface area contributed by atoms with E-state index in [1.165, 1.54) is 18.5 Å². The quantitative estimate of drug-likeness (QED) is 0.839. The number of fused-ring (bicyclic) bond motifs is 1. The minimum Gasteiger partial charge on any atom is -0.480 e. The minimum absolute atomic E-state index is 0.0454. The lowest BCUT2D eigenvalue weighted by Gasteiger charge is -2.34. The Labute approximate surface area is 105 Å². The molecule has 0 saturated heterocycles. The van der Waals surface area contributed by atoms with E-state index in [-0.39, 0.29) is 18.5 Å². The van der Waals surface area contributed by atoms with Gasteiger partial charge in [0.25, 0.3) is 0 Å². The van der Waals surface area contributed by atoms with Crippen molar-refractivity contribution in [3.63, 3.8) is 0 Å². The number of carboxylic acids is 1. The summed E-state index contributed by atoms with van der Waals surface area (Å²) in [6.45, 7) is 0. The molecule has 0 radical (unpaired) electrons. The zero-order valence-corrected chi connectivity index (χ0v) is 9.52. The summed E-state index contributed by atoms with van der Waals surface area (Å²) in [6, 6.07) is -0.294. The largest absolute Gasteiger partial charge is 0.480 e. The normalized spacial score (nSPS) is 18.9.